The summed E-state index contributed by atoms with van der Waals surface area (Å²) in [6.45, 7) is 4.19. The Labute approximate surface area is 119 Å². The summed E-state index contributed by atoms with van der Waals surface area (Å²) in [5.74, 6) is 0.444. The maximum absolute atomic E-state index is 12.6. The molecule has 1 fully saturated rings. The molecule has 20 heavy (non-hydrogen) atoms. The molecular formula is C14H20N2O3S. The lowest BCUT2D eigenvalue weighted by Crippen LogP contribution is -2.29. The summed E-state index contributed by atoms with van der Waals surface area (Å²) in [6, 6.07) is 1.87. The van der Waals surface area contributed by atoms with Gasteiger partial charge in [-0.15, -0.1) is 0 Å². The normalized spacial score (nSPS) is 22.2. The van der Waals surface area contributed by atoms with E-state index in [1.54, 1.807) is 0 Å². The molecule has 0 aromatic heterocycles. The van der Waals surface area contributed by atoms with Crippen LogP contribution in [0.3, 0.4) is 0 Å². The van der Waals surface area contributed by atoms with Crippen LogP contribution in [0.15, 0.2) is 11.0 Å². The summed E-state index contributed by atoms with van der Waals surface area (Å²) in [5, 5.41) is 0. The van der Waals surface area contributed by atoms with E-state index in [9.17, 15) is 8.42 Å². The van der Waals surface area contributed by atoms with E-state index < -0.39 is 10.0 Å². The Balaban J connectivity index is 2.18. The van der Waals surface area contributed by atoms with E-state index in [1.165, 1.54) is 0 Å². The van der Waals surface area contributed by atoms with Gasteiger partial charge in [-0.3, -0.25) is 0 Å². The summed E-state index contributed by atoms with van der Waals surface area (Å²) in [4.78, 5) is 0.273. The minimum atomic E-state index is -3.55. The van der Waals surface area contributed by atoms with Crippen molar-refractivity contribution in [2.24, 2.45) is 5.73 Å². The number of benzene rings is 1. The van der Waals surface area contributed by atoms with Crippen LogP contribution in [0.4, 0.5) is 0 Å². The molecule has 5 nitrogen and oxygen atoms in total. The zero-order valence-electron chi connectivity index (χ0n) is 11.8. The van der Waals surface area contributed by atoms with E-state index >= 15 is 0 Å². The van der Waals surface area contributed by atoms with Gasteiger partial charge in [0, 0.05) is 24.1 Å². The quantitative estimate of drug-likeness (QED) is 0.886. The highest BCUT2D eigenvalue weighted by Gasteiger charge is 2.34. The van der Waals surface area contributed by atoms with Gasteiger partial charge in [-0.1, -0.05) is 6.07 Å². The molecule has 3 N–H and O–H groups in total. The maximum Gasteiger partial charge on any atom is 0.244 e. The van der Waals surface area contributed by atoms with Gasteiger partial charge in [0.05, 0.1) is 6.61 Å². The Morgan fingerprint density at radius 3 is 2.65 bits per heavy atom. The van der Waals surface area contributed by atoms with E-state index in [2.05, 4.69) is 4.72 Å². The average Bonchev–Trinajstić information content (AvgIpc) is 3.15. The first-order chi connectivity index (χ1) is 9.40. The number of nitrogens with one attached hydrogen (secondary N) is 1. The van der Waals surface area contributed by atoms with Crippen LogP contribution in [0.5, 0.6) is 5.75 Å². The lowest BCUT2D eigenvalue weighted by molar-refractivity contribution is 0.261. The Morgan fingerprint density at radius 1 is 1.30 bits per heavy atom. The van der Waals surface area contributed by atoms with Crippen molar-refractivity contribution in [2.75, 3.05) is 6.61 Å². The van der Waals surface area contributed by atoms with Crippen molar-refractivity contribution in [3.8, 4) is 5.75 Å². The van der Waals surface area contributed by atoms with Gasteiger partial charge in [-0.2, -0.15) is 0 Å². The van der Waals surface area contributed by atoms with E-state index in [4.69, 9.17) is 10.5 Å². The third kappa shape index (κ3) is 2.32. The maximum atomic E-state index is 12.6. The second-order valence-electron chi connectivity index (χ2n) is 5.71. The molecule has 1 aliphatic heterocycles. The number of aryl methyl sites for hydroxylation is 1. The van der Waals surface area contributed by atoms with E-state index in [1.807, 2.05) is 19.9 Å². The van der Waals surface area contributed by atoms with Crippen molar-refractivity contribution in [3.63, 3.8) is 0 Å². The first-order valence-corrected chi connectivity index (χ1v) is 8.43. The highest BCUT2D eigenvalue weighted by atomic mass is 32.2. The lowest BCUT2D eigenvalue weighted by Gasteiger charge is -2.27. The molecule has 1 heterocycles. The largest absolute Gasteiger partial charge is 0.492 e. The highest BCUT2D eigenvalue weighted by Crippen LogP contribution is 2.40. The van der Waals surface area contributed by atoms with Gasteiger partial charge >= 0.3 is 0 Å². The monoisotopic (exact) mass is 296 g/mol. The SMILES string of the molecule is Cc1cc2c(c(S(=O)(=O)NC3CC3)c1C)OCCC2N. The minimum Gasteiger partial charge on any atom is -0.492 e. The minimum absolute atomic E-state index is 0.0767. The van der Waals surface area contributed by atoms with Crippen LogP contribution in [0.25, 0.3) is 0 Å². The fraction of sp³-hybridized carbons (Fsp3) is 0.571. The van der Waals surface area contributed by atoms with Crippen LogP contribution in [0, 0.1) is 13.8 Å². The Bertz CT molecular complexity index is 651. The Kier molecular flexibility index (Phi) is 3.27. The van der Waals surface area contributed by atoms with Gasteiger partial charge in [-0.05, 0) is 37.8 Å². The first-order valence-electron chi connectivity index (χ1n) is 6.95. The number of ether oxygens (including phenoxy) is 1. The molecule has 0 amide bonds. The summed E-state index contributed by atoms with van der Waals surface area (Å²) in [5.41, 5.74) is 8.57. The predicted octanol–water partition coefficient (Wildman–Crippen LogP) is 1.53. The smallest absolute Gasteiger partial charge is 0.244 e. The zero-order chi connectivity index (χ0) is 14.5. The molecule has 1 aliphatic carbocycles. The standard InChI is InChI=1S/C14H20N2O3S/c1-8-7-11-12(15)5-6-19-13(11)14(9(8)2)20(17,18)16-10-3-4-10/h7,10,12,16H,3-6,15H2,1-2H3. The lowest BCUT2D eigenvalue weighted by atomic mass is 9.96. The van der Waals surface area contributed by atoms with Crippen LogP contribution in [-0.4, -0.2) is 21.1 Å². The molecule has 0 radical (unpaired) electrons. The number of nitrogens with two attached hydrogens (primary N) is 1. The van der Waals surface area contributed by atoms with Crippen molar-refractivity contribution in [1.82, 2.24) is 4.72 Å². The van der Waals surface area contributed by atoms with Gasteiger partial charge in [-0.25, -0.2) is 13.1 Å². The molecule has 1 aromatic carbocycles. The van der Waals surface area contributed by atoms with Gasteiger partial charge in [0.25, 0.3) is 0 Å². The summed E-state index contributed by atoms with van der Waals surface area (Å²) >= 11 is 0. The van der Waals surface area contributed by atoms with Crippen molar-refractivity contribution >= 4 is 10.0 Å². The number of fused-ring (bicyclic) bond motifs is 1. The first kappa shape index (κ1) is 13.9. The fourth-order valence-corrected chi connectivity index (χ4v) is 4.34. The molecule has 1 atom stereocenters. The third-order valence-corrected chi connectivity index (χ3v) is 5.69. The second-order valence-corrected chi connectivity index (χ2v) is 7.36. The van der Waals surface area contributed by atoms with Gasteiger partial charge in [0.15, 0.2) is 0 Å². The van der Waals surface area contributed by atoms with E-state index in [-0.39, 0.29) is 17.0 Å². The Morgan fingerprint density at radius 2 is 2.00 bits per heavy atom. The predicted molar refractivity (Wildman–Crippen MR) is 76.3 cm³/mol. The van der Waals surface area contributed by atoms with Crippen molar-refractivity contribution in [1.29, 1.82) is 0 Å². The molecule has 0 spiro atoms. The fourth-order valence-electron chi connectivity index (χ4n) is 2.56. The highest BCUT2D eigenvalue weighted by molar-refractivity contribution is 7.89. The molecule has 1 aromatic rings. The van der Waals surface area contributed by atoms with Crippen molar-refractivity contribution in [3.05, 3.63) is 22.8 Å². The van der Waals surface area contributed by atoms with Crippen LogP contribution in [-0.2, 0) is 10.0 Å². The summed E-state index contributed by atoms with van der Waals surface area (Å²) in [7, 11) is -3.55. The second kappa shape index (κ2) is 4.72. The number of sulfonamides is 1. The van der Waals surface area contributed by atoms with Gasteiger partial charge in [0.2, 0.25) is 10.0 Å². The Hall–Kier alpha value is -1.11. The molecule has 3 rings (SSSR count). The number of hydrogen-bond donors (Lipinski definition) is 2. The molecule has 0 saturated heterocycles. The molecule has 1 unspecified atom stereocenters. The van der Waals surface area contributed by atoms with Gasteiger partial charge in [0.1, 0.15) is 10.6 Å². The average molecular weight is 296 g/mol. The number of hydrogen-bond acceptors (Lipinski definition) is 4. The molecule has 2 aliphatic rings. The molecular weight excluding hydrogens is 276 g/mol. The molecule has 1 saturated carbocycles. The van der Waals surface area contributed by atoms with Crippen molar-refractivity contribution < 1.29 is 13.2 Å². The van der Waals surface area contributed by atoms with Crippen LogP contribution in [0.2, 0.25) is 0 Å². The van der Waals surface area contributed by atoms with E-state index in [0.29, 0.717) is 18.8 Å². The van der Waals surface area contributed by atoms with Crippen LogP contribution >= 0.6 is 0 Å². The molecule has 0 bridgehead atoms. The number of rotatable bonds is 3. The summed E-state index contributed by atoms with van der Waals surface area (Å²) < 4.78 is 33.6. The summed E-state index contributed by atoms with van der Waals surface area (Å²) in [6.07, 6.45) is 2.53. The van der Waals surface area contributed by atoms with Crippen molar-refractivity contribution in [2.45, 2.75) is 50.1 Å². The topological polar surface area (TPSA) is 81.4 Å². The van der Waals surface area contributed by atoms with Crippen LogP contribution in [0.1, 0.15) is 42.0 Å². The van der Waals surface area contributed by atoms with E-state index in [0.717, 1.165) is 29.5 Å². The third-order valence-electron chi connectivity index (χ3n) is 4.02. The molecule has 6 heteroatoms. The van der Waals surface area contributed by atoms with Crippen LogP contribution < -0.4 is 15.2 Å². The van der Waals surface area contributed by atoms with Gasteiger partial charge < -0.3 is 10.5 Å². The molecule has 110 valence electrons. The zero-order valence-corrected chi connectivity index (χ0v) is 12.6.